The number of nitrogens with zero attached hydrogens (tertiary/aromatic N) is 2. The highest BCUT2D eigenvalue weighted by Crippen LogP contribution is 2.59. The van der Waals surface area contributed by atoms with E-state index in [2.05, 4.69) is 336 Å². The van der Waals surface area contributed by atoms with Gasteiger partial charge in [-0.05, 0) is 86.2 Å². The summed E-state index contributed by atoms with van der Waals surface area (Å²) in [7, 11) is 0. The third kappa shape index (κ3) is 8.27. The van der Waals surface area contributed by atoms with Crippen LogP contribution in [0.5, 0.6) is 34.5 Å². The van der Waals surface area contributed by atoms with Gasteiger partial charge >= 0.3 is 0 Å². The topological polar surface area (TPSA) is 34.2 Å². The van der Waals surface area contributed by atoms with Crippen molar-refractivity contribution in [1.29, 1.82) is 0 Å². The summed E-state index contributed by atoms with van der Waals surface area (Å²) in [6.45, 7) is 13.8. The van der Waals surface area contributed by atoms with Crippen LogP contribution < -0.4 is 40.4 Å². The Labute approximate surface area is 544 Å². The molecule has 0 atom stereocenters. The first kappa shape index (κ1) is 54.8. The molecule has 0 saturated carbocycles. The fraction of sp³-hybridized carbons (Fsp3) is 0.103. The maximum Gasteiger partial charge on any atom is 0.252 e. The molecule has 5 aliphatic rings. The molecule has 0 unspecified atom stereocenters. The molecule has 0 aliphatic carbocycles. The van der Waals surface area contributed by atoms with Crippen molar-refractivity contribution in [2.45, 2.75) is 57.8 Å². The maximum absolute atomic E-state index is 7.30. The van der Waals surface area contributed by atoms with E-state index < -0.39 is 10.8 Å². The first-order valence-corrected chi connectivity index (χ1v) is 32.5. The Hall–Kier alpha value is -11.1. The van der Waals surface area contributed by atoms with Gasteiger partial charge in [0, 0.05) is 107 Å². The third-order valence-electron chi connectivity index (χ3n) is 20.8. The number of fused-ring (bicyclic) bond motifs is 10. The van der Waals surface area contributed by atoms with E-state index in [1.807, 2.05) is 0 Å². The van der Waals surface area contributed by atoms with Gasteiger partial charge in [0.1, 0.15) is 34.5 Å². The SMILES string of the molecule is CC1(C)c2ccccc2Oc2cc(-c3cc4c5c(c3)N(c3c(-c6ccccc6)cccc3-c3ccccc3)c3cc6c(cc3B5c3cc5c(cc3N4c3c(-c4ccccc4)cccc3-c3ccccc3)Oc3ccccc3C5(C)C)C(C)(C)c3ccccc3O6)ccc21. The second kappa shape index (κ2) is 20.5. The molecule has 0 fully saturated rings. The van der Waals surface area contributed by atoms with Gasteiger partial charge in [-0.15, -0.1) is 0 Å². The summed E-state index contributed by atoms with van der Waals surface area (Å²) in [6, 6.07) is 105. The minimum atomic E-state index is -0.435. The van der Waals surface area contributed by atoms with Gasteiger partial charge in [0.2, 0.25) is 0 Å². The Balaban J connectivity index is 1.03. The van der Waals surface area contributed by atoms with Crippen LogP contribution >= 0.6 is 0 Å². The van der Waals surface area contributed by atoms with Crippen molar-refractivity contribution in [3.8, 4) is 90.1 Å². The molecule has 13 aromatic rings. The average Bonchev–Trinajstić information content (AvgIpc) is 0.684. The van der Waals surface area contributed by atoms with Crippen LogP contribution in [0.15, 0.2) is 285 Å². The Morgan fingerprint density at radius 2 is 0.570 bits per heavy atom. The van der Waals surface area contributed by atoms with Crippen LogP contribution in [0.3, 0.4) is 0 Å². The molecule has 5 aliphatic heterocycles. The van der Waals surface area contributed by atoms with Gasteiger partial charge in [0.25, 0.3) is 6.71 Å². The molecule has 18 rings (SSSR count). The zero-order chi connectivity index (χ0) is 62.5. The quantitative estimate of drug-likeness (QED) is 0.149. The molecular weight excluding hydrogens is 1130 g/mol. The van der Waals surface area contributed by atoms with E-state index in [0.29, 0.717) is 0 Å². The van der Waals surface area contributed by atoms with E-state index >= 15 is 0 Å². The molecule has 93 heavy (non-hydrogen) atoms. The summed E-state index contributed by atoms with van der Waals surface area (Å²) in [6.07, 6.45) is 0. The Bertz CT molecular complexity index is 4850. The van der Waals surface area contributed by atoms with Crippen LogP contribution in [-0.4, -0.2) is 6.71 Å². The molecule has 0 radical (unpaired) electrons. The number of hydrogen-bond acceptors (Lipinski definition) is 5. The Morgan fingerprint density at radius 1 is 0.247 bits per heavy atom. The number of ether oxygens (including phenoxy) is 3. The lowest BCUT2D eigenvalue weighted by atomic mass is 9.33. The van der Waals surface area contributed by atoms with Crippen molar-refractivity contribution in [1.82, 2.24) is 0 Å². The first-order valence-electron chi connectivity index (χ1n) is 32.5. The third-order valence-corrected chi connectivity index (χ3v) is 20.8. The van der Waals surface area contributed by atoms with Gasteiger partial charge in [0.05, 0.1) is 11.4 Å². The van der Waals surface area contributed by atoms with Crippen LogP contribution in [0.1, 0.15) is 74.9 Å². The van der Waals surface area contributed by atoms with E-state index in [1.54, 1.807) is 0 Å². The number of anilines is 6. The molecule has 13 aromatic carbocycles. The van der Waals surface area contributed by atoms with E-state index in [9.17, 15) is 0 Å². The van der Waals surface area contributed by atoms with Crippen LogP contribution in [0.25, 0.3) is 55.6 Å². The summed E-state index contributed by atoms with van der Waals surface area (Å²) >= 11 is 0. The molecule has 0 spiro atoms. The second-order valence-corrected chi connectivity index (χ2v) is 27.1. The largest absolute Gasteiger partial charge is 0.457 e. The summed E-state index contributed by atoms with van der Waals surface area (Å²) in [5, 5.41) is 0. The van der Waals surface area contributed by atoms with Crippen molar-refractivity contribution < 1.29 is 14.2 Å². The predicted molar refractivity (Wildman–Crippen MR) is 384 cm³/mol. The lowest BCUT2D eigenvalue weighted by molar-refractivity contribution is 0.418. The maximum atomic E-state index is 7.30. The average molecular weight is 1200 g/mol. The van der Waals surface area contributed by atoms with Gasteiger partial charge < -0.3 is 24.0 Å². The van der Waals surface area contributed by atoms with E-state index in [-0.39, 0.29) is 12.1 Å². The van der Waals surface area contributed by atoms with E-state index in [4.69, 9.17) is 14.2 Å². The molecule has 5 nitrogen and oxygen atoms in total. The van der Waals surface area contributed by atoms with Crippen molar-refractivity contribution in [3.63, 3.8) is 0 Å². The lowest BCUT2D eigenvalue weighted by Crippen LogP contribution is -2.62. The minimum Gasteiger partial charge on any atom is -0.457 e. The van der Waals surface area contributed by atoms with E-state index in [0.717, 1.165) is 152 Å². The molecule has 0 aromatic heterocycles. The Kier molecular flexibility index (Phi) is 12.1. The smallest absolute Gasteiger partial charge is 0.252 e. The van der Waals surface area contributed by atoms with Crippen LogP contribution in [0.4, 0.5) is 34.1 Å². The first-order chi connectivity index (χ1) is 45.4. The van der Waals surface area contributed by atoms with Crippen molar-refractivity contribution in [2.24, 2.45) is 0 Å². The summed E-state index contributed by atoms with van der Waals surface area (Å²) in [5.41, 5.74) is 26.6. The molecule has 0 bridgehead atoms. The highest BCUT2D eigenvalue weighted by atomic mass is 16.5. The Morgan fingerprint density at radius 3 is 0.946 bits per heavy atom. The van der Waals surface area contributed by atoms with Crippen LogP contribution in [-0.2, 0) is 16.2 Å². The monoisotopic (exact) mass is 1200 g/mol. The number of benzene rings is 13. The van der Waals surface area contributed by atoms with Crippen LogP contribution in [0.2, 0.25) is 0 Å². The highest BCUT2D eigenvalue weighted by molar-refractivity contribution is 7.00. The summed E-state index contributed by atoms with van der Waals surface area (Å²) < 4.78 is 21.6. The number of para-hydroxylation sites is 5. The fourth-order valence-electron chi connectivity index (χ4n) is 16.1. The number of hydrogen-bond donors (Lipinski definition) is 0. The van der Waals surface area contributed by atoms with Gasteiger partial charge in [-0.1, -0.05) is 278 Å². The molecule has 5 heterocycles. The number of rotatable bonds is 7. The standard InChI is InChI=1S/C87H65BN2O3/c1-85(2)64-39-19-22-42-76(64)91-79-49-58(45-46-67(79)85)59-47-74-82-75(48-59)90(84-62(56-31-15-9-16-32-56)37-26-38-63(84)57-33-17-10-18-34-57)73-53-81-69(87(5,6)66-41-21-24-44-78(66)93-81)51-71(73)88(82)70-50-68-80(92-77-43-23-20-40-65(77)86(68,3)4)52-72(70)89(74)83-60(54-27-11-7-12-28-54)35-25-36-61(83)55-29-13-8-14-30-55/h7-53H,1-6H3. The predicted octanol–water partition coefficient (Wildman–Crippen LogP) is 21.4. The van der Waals surface area contributed by atoms with E-state index in [1.165, 1.54) is 22.0 Å². The lowest BCUT2D eigenvalue weighted by Gasteiger charge is -2.47. The summed E-state index contributed by atoms with van der Waals surface area (Å²) in [4.78, 5) is 5.24. The van der Waals surface area contributed by atoms with Crippen molar-refractivity contribution >= 4 is 57.2 Å². The minimum absolute atomic E-state index is 0.310. The normalized spacial score (nSPS) is 15.0. The van der Waals surface area contributed by atoms with Gasteiger partial charge in [-0.3, -0.25) is 0 Å². The molecule has 444 valence electrons. The zero-order valence-electron chi connectivity index (χ0n) is 52.8. The molecular formula is C87H65BN2O3. The molecule has 6 heteroatoms. The highest BCUT2D eigenvalue weighted by Gasteiger charge is 2.49. The second-order valence-electron chi connectivity index (χ2n) is 27.1. The molecule has 0 amide bonds. The summed E-state index contributed by atoms with van der Waals surface area (Å²) in [5.74, 6) is 5.16. The molecule has 0 saturated heterocycles. The molecule has 0 N–H and O–H groups in total. The van der Waals surface area contributed by atoms with Gasteiger partial charge in [-0.2, -0.15) is 0 Å². The zero-order valence-corrected chi connectivity index (χ0v) is 52.8. The van der Waals surface area contributed by atoms with Gasteiger partial charge in [0.15, 0.2) is 0 Å². The van der Waals surface area contributed by atoms with Crippen LogP contribution in [0, 0.1) is 0 Å². The fourth-order valence-corrected chi connectivity index (χ4v) is 16.1. The van der Waals surface area contributed by atoms with Crippen molar-refractivity contribution in [2.75, 3.05) is 9.80 Å². The van der Waals surface area contributed by atoms with Gasteiger partial charge in [-0.25, -0.2) is 0 Å². The van der Waals surface area contributed by atoms with Crippen molar-refractivity contribution in [3.05, 3.63) is 318 Å².